The number of guanidine groups is 1. The van der Waals surface area contributed by atoms with Crippen LogP contribution in [0.25, 0.3) is 0 Å². The summed E-state index contributed by atoms with van der Waals surface area (Å²) in [6, 6.07) is 12.8. The van der Waals surface area contributed by atoms with Gasteiger partial charge in [-0.2, -0.15) is 0 Å². The van der Waals surface area contributed by atoms with Gasteiger partial charge in [-0.1, -0.05) is 31.2 Å². The van der Waals surface area contributed by atoms with Crippen molar-refractivity contribution < 1.29 is 0 Å². The van der Waals surface area contributed by atoms with Gasteiger partial charge in [0.1, 0.15) is 0 Å². The van der Waals surface area contributed by atoms with E-state index >= 15 is 0 Å². The van der Waals surface area contributed by atoms with E-state index in [1.165, 1.54) is 11.1 Å². The second-order valence-corrected chi connectivity index (χ2v) is 6.19. The lowest BCUT2D eigenvalue weighted by Crippen LogP contribution is -2.38. The van der Waals surface area contributed by atoms with E-state index in [1.807, 2.05) is 12.1 Å². The molecular formula is C20H31N5. The first-order chi connectivity index (χ1) is 12.2. The maximum Gasteiger partial charge on any atom is 0.191 e. The van der Waals surface area contributed by atoms with Crippen molar-refractivity contribution in [2.24, 2.45) is 4.99 Å². The van der Waals surface area contributed by atoms with Crippen LogP contribution in [0.1, 0.15) is 25.0 Å². The number of hydrogen-bond donors (Lipinski definition) is 2. The lowest BCUT2D eigenvalue weighted by atomic mass is 10.1. The zero-order valence-electron chi connectivity index (χ0n) is 15.7. The van der Waals surface area contributed by atoms with Crippen molar-refractivity contribution in [3.05, 3.63) is 59.9 Å². The molecule has 2 aromatic rings. The van der Waals surface area contributed by atoms with E-state index in [0.29, 0.717) is 6.54 Å². The Hall–Kier alpha value is -2.27. The topological polar surface area (TPSA) is 44.6 Å². The quantitative estimate of drug-likeness (QED) is 0.544. The van der Waals surface area contributed by atoms with Crippen LogP contribution in [0.3, 0.4) is 0 Å². The summed E-state index contributed by atoms with van der Waals surface area (Å²) in [6.45, 7) is 9.61. The molecule has 5 heteroatoms. The normalized spacial score (nSPS) is 11.8. The molecule has 0 bridgehead atoms. The van der Waals surface area contributed by atoms with Gasteiger partial charge >= 0.3 is 0 Å². The minimum atomic E-state index is 0.683. The largest absolute Gasteiger partial charge is 0.357 e. The molecule has 0 atom stereocenters. The highest BCUT2D eigenvalue weighted by Crippen LogP contribution is 2.08. The molecule has 1 aromatic heterocycles. The molecule has 2 rings (SSSR count). The van der Waals surface area contributed by atoms with Crippen LogP contribution in [0.4, 0.5) is 0 Å². The predicted octanol–water partition coefficient (Wildman–Crippen LogP) is 2.70. The van der Waals surface area contributed by atoms with E-state index in [1.54, 1.807) is 0 Å². The highest BCUT2D eigenvalue weighted by Gasteiger charge is 2.01. The van der Waals surface area contributed by atoms with Crippen molar-refractivity contribution in [3.63, 3.8) is 0 Å². The first-order valence-corrected chi connectivity index (χ1v) is 9.10. The van der Waals surface area contributed by atoms with Crippen molar-refractivity contribution in [2.45, 2.75) is 33.5 Å². The molecule has 0 aliphatic rings. The van der Waals surface area contributed by atoms with Crippen LogP contribution in [0.15, 0.2) is 53.8 Å². The molecule has 1 heterocycles. The summed E-state index contributed by atoms with van der Waals surface area (Å²) in [4.78, 5) is 7.02. The highest BCUT2D eigenvalue weighted by molar-refractivity contribution is 5.79. The Morgan fingerprint density at radius 2 is 1.84 bits per heavy atom. The van der Waals surface area contributed by atoms with Crippen LogP contribution >= 0.6 is 0 Å². The molecule has 0 saturated heterocycles. The molecular weight excluding hydrogens is 310 g/mol. The SMILES string of the molecule is CCNC(=NCc1cccc(CN(C)CC)c1)NCCn1cccc1. The number of aromatic nitrogens is 1. The predicted molar refractivity (Wildman–Crippen MR) is 106 cm³/mol. The average molecular weight is 342 g/mol. The van der Waals surface area contributed by atoms with Crippen molar-refractivity contribution in [1.29, 1.82) is 0 Å². The average Bonchev–Trinajstić information content (AvgIpc) is 3.13. The number of benzene rings is 1. The van der Waals surface area contributed by atoms with Crippen LogP contribution in [0, 0.1) is 0 Å². The Balaban J connectivity index is 1.89. The summed E-state index contributed by atoms with van der Waals surface area (Å²) in [5.74, 6) is 0.866. The number of aliphatic imine (C=N–C) groups is 1. The molecule has 0 aliphatic heterocycles. The van der Waals surface area contributed by atoms with Gasteiger partial charge in [0.15, 0.2) is 5.96 Å². The second kappa shape index (κ2) is 10.6. The molecule has 5 nitrogen and oxygen atoms in total. The minimum absolute atomic E-state index is 0.683. The smallest absolute Gasteiger partial charge is 0.191 e. The third-order valence-corrected chi connectivity index (χ3v) is 4.08. The molecule has 136 valence electrons. The summed E-state index contributed by atoms with van der Waals surface area (Å²) < 4.78 is 2.16. The van der Waals surface area contributed by atoms with Gasteiger partial charge in [-0.05, 0) is 43.8 Å². The van der Waals surface area contributed by atoms with Crippen molar-refractivity contribution >= 4 is 5.96 Å². The fourth-order valence-electron chi connectivity index (χ4n) is 2.58. The maximum atomic E-state index is 4.71. The third-order valence-electron chi connectivity index (χ3n) is 4.08. The third kappa shape index (κ3) is 7.01. The van der Waals surface area contributed by atoms with Gasteiger partial charge in [0.25, 0.3) is 0 Å². The summed E-state index contributed by atoms with van der Waals surface area (Å²) in [7, 11) is 2.14. The second-order valence-electron chi connectivity index (χ2n) is 6.19. The molecule has 0 amide bonds. The fourth-order valence-corrected chi connectivity index (χ4v) is 2.58. The molecule has 0 spiro atoms. The van der Waals surface area contributed by atoms with Gasteiger partial charge < -0.3 is 20.1 Å². The van der Waals surface area contributed by atoms with E-state index in [-0.39, 0.29) is 0 Å². The van der Waals surface area contributed by atoms with Crippen LogP contribution in [0.2, 0.25) is 0 Å². The molecule has 0 fully saturated rings. The summed E-state index contributed by atoms with van der Waals surface area (Å²) in [5, 5.41) is 6.71. The van der Waals surface area contributed by atoms with E-state index in [9.17, 15) is 0 Å². The Morgan fingerprint density at radius 1 is 1.08 bits per heavy atom. The summed E-state index contributed by atoms with van der Waals surface area (Å²) in [6.07, 6.45) is 4.15. The molecule has 0 saturated carbocycles. The van der Waals surface area contributed by atoms with Gasteiger partial charge in [-0.3, -0.25) is 0 Å². The fraction of sp³-hybridized carbons (Fsp3) is 0.450. The lowest BCUT2D eigenvalue weighted by molar-refractivity contribution is 0.345. The van der Waals surface area contributed by atoms with Gasteiger partial charge in [0.2, 0.25) is 0 Å². The first kappa shape index (κ1) is 19.1. The van der Waals surface area contributed by atoms with Gasteiger partial charge in [-0.15, -0.1) is 0 Å². The van der Waals surface area contributed by atoms with E-state index < -0.39 is 0 Å². The zero-order valence-corrected chi connectivity index (χ0v) is 15.7. The molecule has 2 N–H and O–H groups in total. The molecule has 0 unspecified atom stereocenters. The Morgan fingerprint density at radius 3 is 2.56 bits per heavy atom. The molecule has 1 aromatic carbocycles. The Bertz CT molecular complexity index is 633. The number of rotatable bonds is 9. The van der Waals surface area contributed by atoms with E-state index in [4.69, 9.17) is 4.99 Å². The number of nitrogens with one attached hydrogen (secondary N) is 2. The monoisotopic (exact) mass is 341 g/mol. The Labute approximate surface area is 151 Å². The molecule has 0 radical (unpaired) electrons. The van der Waals surface area contributed by atoms with E-state index in [0.717, 1.165) is 38.7 Å². The van der Waals surface area contributed by atoms with E-state index in [2.05, 4.69) is 77.7 Å². The van der Waals surface area contributed by atoms with Crippen LogP contribution in [-0.2, 0) is 19.6 Å². The molecule has 25 heavy (non-hydrogen) atoms. The number of hydrogen-bond acceptors (Lipinski definition) is 2. The number of nitrogens with zero attached hydrogens (tertiary/aromatic N) is 3. The van der Waals surface area contributed by atoms with Crippen molar-refractivity contribution in [2.75, 3.05) is 26.7 Å². The van der Waals surface area contributed by atoms with Gasteiger partial charge in [-0.25, -0.2) is 4.99 Å². The maximum absolute atomic E-state index is 4.71. The summed E-state index contributed by atoms with van der Waals surface area (Å²) in [5.41, 5.74) is 2.58. The standard InChI is InChI=1S/C20H31N5/c1-4-21-20(22-11-14-25-12-6-7-13-25)23-16-18-9-8-10-19(15-18)17-24(3)5-2/h6-10,12-13,15H,4-5,11,14,16-17H2,1-3H3,(H2,21,22,23). The summed E-state index contributed by atoms with van der Waals surface area (Å²) >= 11 is 0. The van der Waals surface area contributed by atoms with Crippen LogP contribution < -0.4 is 10.6 Å². The van der Waals surface area contributed by atoms with Crippen molar-refractivity contribution in [3.8, 4) is 0 Å². The highest BCUT2D eigenvalue weighted by atomic mass is 15.2. The first-order valence-electron chi connectivity index (χ1n) is 9.10. The van der Waals surface area contributed by atoms with Crippen LogP contribution in [0.5, 0.6) is 0 Å². The van der Waals surface area contributed by atoms with Crippen molar-refractivity contribution in [1.82, 2.24) is 20.1 Å². The zero-order chi connectivity index (χ0) is 17.9. The lowest BCUT2D eigenvalue weighted by Gasteiger charge is -2.14. The molecule has 0 aliphatic carbocycles. The Kier molecular flexibility index (Phi) is 8.05. The minimum Gasteiger partial charge on any atom is -0.357 e. The van der Waals surface area contributed by atoms with Gasteiger partial charge in [0, 0.05) is 38.6 Å². The van der Waals surface area contributed by atoms with Gasteiger partial charge in [0.05, 0.1) is 6.54 Å². The van der Waals surface area contributed by atoms with Crippen LogP contribution in [-0.4, -0.2) is 42.1 Å².